The van der Waals surface area contributed by atoms with Gasteiger partial charge in [0.2, 0.25) is 15.9 Å². The smallest absolute Gasteiger partial charge is 0.216 e. The lowest BCUT2D eigenvalue weighted by molar-refractivity contribution is -0.118. The molecule has 3 rings (SSSR count). The van der Waals surface area contributed by atoms with E-state index in [1.807, 2.05) is 0 Å². The van der Waals surface area contributed by atoms with E-state index < -0.39 is 49.6 Å². The van der Waals surface area contributed by atoms with E-state index in [1.54, 1.807) is 25.1 Å². The Morgan fingerprint density at radius 1 is 1.14 bits per heavy atom. The van der Waals surface area contributed by atoms with Gasteiger partial charge in [0, 0.05) is 43.0 Å². The van der Waals surface area contributed by atoms with Crippen molar-refractivity contribution in [1.29, 1.82) is 0 Å². The third-order valence-electron chi connectivity index (χ3n) is 6.67. The van der Waals surface area contributed by atoms with E-state index in [0.717, 1.165) is 6.07 Å². The Morgan fingerprint density at radius 3 is 2.26 bits per heavy atom. The first kappa shape index (κ1) is 28.2. The normalized spacial score (nSPS) is 24.9. The molecule has 2 fully saturated rings. The summed E-state index contributed by atoms with van der Waals surface area (Å²) >= 11 is -1.51. The van der Waals surface area contributed by atoms with Crippen LogP contribution >= 0.6 is 0 Å². The number of carbonyl (C=O) groups is 1. The Kier molecular flexibility index (Phi) is 8.84. The van der Waals surface area contributed by atoms with Crippen LogP contribution in [-0.2, 0) is 32.6 Å². The van der Waals surface area contributed by atoms with Gasteiger partial charge in [0.25, 0.3) is 0 Å². The van der Waals surface area contributed by atoms with Crippen molar-refractivity contribution in [2.45, 2.75) is 82.7 Å². The fourth-order valence-corrected chi connectivity index (χ4v) is 7.76. The van der Waals surface area contributed by atoms with Gasteiger partial charge in [0.1, 0.15) is 10.6 Å². The molecule has 1 aromatic rings. The van der Waals surface area contributed by atoms with Crippen molar-refractivity contribution in [2.24, 2.45) is 5.92 Å². The first-order valence-corrected chi connectivity index (χ1v) is 14.5. The molecule has 7 nitrogen and oxygen atoms in total. The summed E-state index contributed by atoms with van der Waals surface area (Å²) in [6.07, 6.45) is 2.29. The first-order chi connectivity index (χ1) is 16.2. The minimum absolute atomic E-state index is 0.00968. The van der Waals surface area contributed by atoms with E-state index >= 15 is 0 Å². The van der Waals surface area contributed by atoms with Gasteiger partial charge in [-0.15, -0.1) is 4.72 Å². The zero-order valence-electron chi connectivity index (χ0n) is 20.4. The highest BCUT2D eigenvalue weighted by Crippen LogP contribution is 2.42. The Bertz CT molecular complexity index is 1020. The molecule has 2 aliphatic heterocycles. The van der Waals surface area contributed by atoms with Gasteiger partial charge >= 0.3 is 0 Å². The fraction of sp³-hybridized carbons (Fsp3) is 0.696. The largest absolute Gasteiger partial charge is 0.598 e. The maximum absolute atomic E-state index is 14.5. The van der Waals surface area contributed by atoms with E-state index in [1.165, 1.54) is 6.92 Å². The SMILES string of the molecule is CC(=O)NCCS(=O)(=O)N1[C@@H]2CC[C@H]1C[C@H]([C@H](Cc1cc(F)c(F)cc1F)N[S@@+]([O-])C(C)(C)C)C2. The van der Waals surface area contributed by atoms with Gasteiger partial charge in [-0.05, 0) is 70.4 Å². The van der Waals surface area contributed by atoms with E-state index in [-0.39, 0.29) is 48.2 Å². The van der Waals surface area contributed by atoms with Gasteiger partial charge in [0.15, 0.2) is 11.6 Å². The summed E-state index contributed by atoms with van der Waals surface area (Å²) in [5, 5.41) is 2.51. The number of halogens is 3. The molecule has 2 saturated heterocycles. The molecular formula is C23H34F3N3O4S2. The maximum atomic E-state index is 14.5. The number of hydrogen-bond donors (Lipinski definition) is 2. The van der Waals surface area contributed by atoms with Crippen molar-refractivity contribution >= 4 is 27.3 Å². The molecule has 2 aliphatic rings. The van der Waals surface area contributed by atoms with Crippen LogP contribution in [0.5, 0.6) is 0 Å². The average Bonchev–Trinajstić information content (AvgIpc) is 3.01. The monoisotopic (exact) mass is 537 g/mol. The summed E-state index contributed by atoms with van der Waals surface area (Å²) in [4.78, 5) is 11.1. The average molecular weight is 538 g/mol. The van der Waals surface area contributed by atoms with Gasteiger partial charge < -0.3 is 9.87 Å². The number of sulfonamides is 1. The Balaban J connectivity index is 1.81. The van der Waals surface area contributed by atoms with Crippen LogP contribution in [0.1, 0.15) is 58.9 Å². The number of benzene rings is 1. The van der Waals surface area contributed by atoms with Gasteiger partial charge in [-0.25, -0.2) is 21.6 Å². The van der Waals surface area contributed by atoms with Crippen LogP contribution in [0.15, 0.2) is 12.1 Å². The topological polar surface area (TPSA) is 102 Å². The molecule has 198 valence electrons. The minimum atomic E-state index is -3.60. The standard InChI is InChI=1S/C23H34F3N3O4S2/c1-14(30)27-7-8-35(32,33)29-17-5-6-18(29)10-16(9-17)22(28-34(31)23(2,3)4)12-15-11-20(25)21(26)13-19(15)24/h11,13,16-18,22,28H,5-10,12H2,1-4H3,(H,27,30)/t16-,17-,18+,22-,34-/m0/s1. The molecule has 1 amide bonds. The van der Waals surface area contributed by atoms with Crippen molar-refractivity contribution in [1.82, 2.24) is 14.3 Å². The van der Waals surface area contributed by atoms with Crippen molar-refractivity contribution < 1.29 is 30.9 Å². The molecule has 2 heterocycles. The van der Waals surface area contributed by atoms with Crippen molar-refractivity contribution in [2.75, 3.05) is 12.3 Å². The molecular weight excluding hydrogens is 503 g/mol. The van der Waals surface area contributed by atoms with Gasteiger partial charge in [-0.3, -0.25) is 4.79 Å². The van der Waals surface area contributed by atoms with Crippen LogP contribution in [0, 0.1) is 23.4 Å². The lowest BCUT2D eigenvalue weighted by Gasteiger charge is -2.41. The number of fused-ring (bicyclic) bond motifs is 2. The fourth-order valence-electron chi connectivity index (χ4n) is 5.00. The van der Waals surface area contributed by atoms with Crippen LogP contribution < -0.4 is 10.0 Å². The predicted molar refractivity (Wildman–Crippen MR) is 129 cm³/mol. The lowest BCUT2D eigenvalue weighted by Crippen LogP contribution is -2.54. The van der Waals surface area contributed by atoms with Gasteiger partial charge in [-0.1, -0.05) is 0 Å². The molecule has 35 heavy (non-hydrogen) atoms. The second-order valence-corrected chi connectivity index (χ2v) is 14.4. The van der Waals surface area contributed by atoms with Crippen molar-refractivity contribution in [3.05, 3.63) is 35.1 Å². The zero-order valence-corrected chi connectivity index (χ0v) is 22.1. The molecule has 0 unspecified atom stereocenters. The quantitative estimate of drug-likeness (QED) is 0.373. The molecule has 2 bridgehead atoms. The van der Waals surface area contributed by atoms with Crippen LogP contribution in [0.4, 0.5) is 13.2 Å². The van der Waals surface area contributed by atoms with Crippen LogP contribution in [0.3, 0.4) is 0 Å². The number of piperidine rings is 1. The number of amides is 1. The van der Waals surface area contributed by atoms with Crippen LogP contribution in [0.25, 0.3) is 0 Å². The summed E-state index contributed by atoms with van der Waals surface area (Å²) in [6, 6.07) is 0.291. The highest BCUT2D eigenvalue weighted by atomic mass is 32.2. The third kappa shape index (κ3) is 6.91. The summed E-state index contributed by atoms with van der Waals surface area (Å²) in [5.74, 6) is -3.94. The molecule has 0 spiro atoms. The summed E-state index contributed by atoms with van der Waals surface area (Å²) in [5.41, 5.74) is -0.0231. The summed E-state index contributed by atoms with van der Waals surface area (Å²) in [6.45, 7) is 6.73. The Morgan fingerprint density at radius 2 is 1.71 bits per heavy atom. The summed E-state index contributed by atoms with van der Waals surface area (Å²) < 4.78 is 84.7. The maximum Gasteiger partial charge on any atom is 0.216 e. The highest BCUT2D eigenvalue weighted by Gasteiger charge is 2.49. The number of rotatable bonds is 9. The zero-order chi connectivity index (χ0) is 26.1. The van der Waals surface area contributed by atoms with E-state index in [9.17, 15) is 30.9 Å². The second kappa shape index (κ2) is 11.0. The molecule has 5 atom stereocenters. The van der Waals surface area contributed by atoms with Crippen molar-refractivity contribution in [3.63, 3.8) is 0 Å². The van der Waals surface area contributed by atoms with E-state index in [2.05, 4.69) is 10.0 Å². The van der Waals surface area contributed by atoms with E-state index in [4.69, 9.17) is 0 Å². The molecule has 0 radical (unpaired) electrons. The number of carbonyl (C=O) groups excluding carboxylic acids is 1. The number of hydrogen-bond acceptors (Lipinski definition) is 5. The van der Waals surface area contributed by atoms with Gasteiger partial charge in [-0.2, -0.15) is 4.31 Å². The predicted octanol–water partition coefficient (Wildman–Crippen LogP) is 2.78. The Hall–Kier alpha value is -1.34. The molecule has 0 aromatic heterocycles. The van der Waals surface area contributed by atoms with Crippen LogP contribution in [0.2, 0.25) is 0 Å². The first-order valence-electron chi connectivity index (χ1n) is 11.8. The minimum Gasteiger partial charge on any atom is -0.598 e. The number of nitrogens with one attached hydrogen (secondary N) is 2. The second-order valence-electron chi connectivity index (χ2n) is 10.4. The summed E-state index contributed by atoms with van der Waals surface area (Å²) in [7, 11) is -3.60. The highest BCUT2D eigenvalue weighted by molar-refractivity contribution is 7.90. The third-order valence-corrected chi connectivity index (χ3v) is 10.3. The van der Waals surface area contributed by atoms with Gasteiger partial charge in [0.05, 0.1) is 11.8 Å². The van der Waals surface area contributed by atoms with E-state index in [0.29, 0.717) is 31.7 Å². The molecule has 2 N–H and O–H groups in total. The lowest BCUT2D eigenvalue weighted by atomic mass is 9.83. The molecule has 0 saturated carbocycles. The molecule has 1 aromatic carbocycles. The van der Waals surface area contributed by atoms with Crippen LogP contribution in [-0.4, -0.2) is 58.4 Å². The molecule has 0 aliphatic carbocycles. The number of nitrogens with zero attached hydrogens (tertiary/aromatic N) is 1. The van der Waals surface area contributed by atoms with Crippen molar-refractivity contribution in [3.8, 4) is 0 Å². The Labute approximate surface area is 208 Å². The molecule has 12 heteroatoms.